The fourth-order valence-electron chi connectivity index (χ4n) is 2.46. The molecule has 1 aliphatic rings. The zero-order valence-electron chi connectivity index (χ0n) is 10.5. The number of carbonyl (C=O) groups is 1. The monoisotopic (exact) mass is 252 g/mol. The zero-order chi connectivity index (χ0) is 13.0. The standard InChI is InChI=1S/C13H17FN2O2/c1-18-13(17)12-11(14)10(15-8-16-12)7-6-9-4-2-3-5-9/h8-9H,2-7H2,1H3. The molecule has 0 N–H and O–H groups in total. The van der Waals surface area contributed by atoms with Crippen molar-refractivity contribution in [3.05, 3.63) is 23.5 Å². The van der Waals surface area contributed by atoms with Crippen LogP contribution < -0.4 is 0 Å². The van der Waals surface area contributed by atoms with Gasteiger partial charge in [0.2, 0.25) is 0 Å². The number of esters is 1. The SMILES string of the molecule is COC(=O)c1ncnc(CCC2CCCC2)c1F. The molecular weight excluding hydrogens is 235 g/mol. The molecule has 0 aliphatic heterocycles. The van der Waals surface area contributed by atoms with E-state index in [0.29, 0.717) is 18.0 Å². The van der Waals surface area contributed by atoms with Gasteiger partial charge in [-0.2, -0.15) is 0 Å². The Kier molecular flexibility index (Phi) is 4.23. The van der Waals surface area contributed by atoms with Gasteiger partial charge in [-0.05, 0) is 18.8 Å². The van der Waals surface area contributed by atoms with E-state index in [2.05, 4.69) is 14.7 Å². The smallest absolute Gasteiger partial charge is 0.359 e. The molecule has 4 nitrogen and oxygen atoms in total. The minimum absolute atomic E-state index is 0.270. The Labute approximate surface area is 106 Å². The summed E-state index contributed by atoms with van der Waals surface area (Å²) >= 11 is 0. The first-order valence-electron chi connectivity index (χ1n) is 6.30. The minimum Gasteiger partial charge on any atom is -0.464 e. The molecule has 1 aliphatic carbocycles. The van der Waals surface area contributed by atoms with Gasteiger partial charge in [-0.15, -0.1) is 0 Å². The molecule has 1 fully saturated rings. The largest absolute Gasteiger partial charge is 0.464 e. The number of hydrogen-bond acceptors (Lipinski definition) is 4. The van der Waals surface area contributed by atoms with Crippen molar-refractivity contribution < 1.29 is 13.9 Å². The van der Waals surface area contributed by atoms with E-state index >= 15 is 0 Å². The number of carbonyl (C=O) groups excluding carboxylic acids is 1. The summed E-state index contributed by atoms with van der Waals surface area (Å²) in [5.41, 5.74) is 0.0474. The predicted octanol–water partition coefficient (Wildman–Crippen LogP) is 2.53. The summed E-state index contributed by atoms with van der Waals surface area (Å²) in [7, 11) is 1.21. The van der Waals surface area contributed by atoms with Crippen molar-refractivity contribution in [3.8, 4) is 0 Å². The van der Waals surface area contributed by atoms with Crippen molar-refractivity contribution in [2.24, 2.45) is 5.92 Å². The van der Waals surface area contributed by atoms with E-state index in [1.807, 2.05) is 0 Å². The topological polar surface area (TPSA) is 52.1 Å². The highest BCUT2D eigenvalue weighted by Crippen LogP contribution is 2.28. The van der Waals surface area contributed by atoms with Gasteiger partial charge < -0.3 is 4.74 Å². The van der Waals surface area contributed by atoms with Crippen LogP contribution in [0.3, 0.4) is 0 Å². The Bertz CT molecular complexity index is 431. The average molecular weight is 252 g/mol. The zero-order valence-corrected chi connectivity index (χ0v) is 10.5. The average Bonchev–Trinajstić information content (AvgIpc) is 2.90. The van der Waals surface area contributed by atoms with Crippen molar-refractivity contribution in [2.45, 2.75) is 38.5 Å². The molecule has 0 saturated heterocycles. The first-order chi connectivity index (χ1) is 8.72. The van der Waals surface area contributed by atoms with Gasteiger partial charge in [0.15, 0.2) is 11.5 Å². The highest BCUT2D eigenvalue weighted by molar-refractivity contribution is 5.87. The molecule has 2 rings (SSSR count). The van der Waals surface area contributed by atoms with Crippen LogP contribution in [0.2, 0.25) is 0 Å². The van der Waals surface area contributed by atoms with E-state index in [4.69, 9.17) is 0 Å². The molecule has 1 heterocycles. The molecule has 0 amide bonds. The van der Waals surface area contributed by atoms with Crippen LogP contribution in [0.25, 0.3) is 0 Å². The molecule has 5 heteroatoms. The highest BCUT2D eigenvalue weighted by atomic mass is 19.1. The van der Waals surface area contributed by atoms with Gasteiger partial charge in [-0.1, -0.05) is 25.7 Å². The van der Waals surface area contributed by atoms with Crippen LogP contribution in [-0.4, -0.2) is 23.0 Å². The van der Waals surface area contributed by atoms with Gasteiger partial charge >= 0.3 is 5.97 Å². The quantitative estimate of drug-likeness (QED) is 0.773. The van der Waals surface area contributed by atoms with E-state index in [9.17, 15) is 9.18 Å². The highest BCUT2D eigenvalue weighted by Gasteiger charge is 2.20. The van der Waals surface area contributed by atoms with E-state index in [1.54, 1.807) is 0 Å². The van der Waals surface area contributed by atoms with Crippen LogP contribution in [0.15, 0.2) is 6.33 Å². The maximum Gasteiger partial charge on any atom is 0.359 e. The third kappa shape index (κ3) is 2.83. The first-order valence-corrected chi connectivity index (χ1v) is 6.30. The van der Waals surface area contributed by atoms with Crippen LogP contribution in [0, 0.1) is 11.7 Å². The number of rotatable bonds is 4. The number of nitrogens with zero attached hydrogens (tertiary/aromatic N) is 2. The maximum atomic E-state index is 14.0. The number of methoxy groups -OCH3 is 1. The summed E-state index contributed by atoms with van der Waals surface area (Å²) < 4.78 is 18.4. The second-order valence-corrected chi connectivity index (χ2v) is 4.66. The summed E-state index contributed by atoms with van der Waals surface area (Å²) in [4.78, 5) is 18.8. The fraction of sp³-hybridized carbons (Fsp3) is 0.615. The van der Waals surface area contributed by atoms with E-state index in [0.717, 1.165) is 6.42 Å². The second-order valence-electron chi connectivity index (χ2n) is 4.66. The van der Waals surface area contributed by atoms with Gasteiger partial charge in [0.1, 0.15) is 6.33 Å². The first kappa shape index (κ1) is 12.9. The third-order valence-corrected chi connectivity index (χ3v) is 3.50. The molecule has 1 aromatic heterocycles. The van der Waals surface area contributed by atoms with E-state index in [-0.39, 0.29) is 5.69 Å². The van der Waals surface area contributed by atoms with Crippen molar-refractivity contribution in [1.29, 1.82) is 0 Å². The lowest BCUT2D eigenvalue weighted by Gasteiger charge is -2.09. The van der Waals surface area contributed by atoms with Crippen LogP contribution in [0.4, 0.5) is 4.39 Å². The molecule has 0 atom stereocenters. The Morgan fingerprint density at radius 2 is 2.17 bits per heavy atom. The molecule has 1 aromatic rings. The van der Waals surface area contributed by atoms with Gasteiger partial charge in [0, 0.05) is 0 Å². The number of halogens is 1. The van der Waals surface area contributed by atoms with Gasteiger partial charge in [0.05, 0.1) is 12.8 Å². The van der Waals surface area contributed by atoms with Crippen molar-refractivity contribution in [3.63, 3.8) is 0 Å². The molecule has 0 bridgehead atoms. The number of ether oxygens (including phenoxy) is 1. The second kappa shape index (κ2) is 5.89. The molecule has 1 saturated carbocycles. The van der Waals surface area contributed by atoms with Gasteiger partial charge in [-0.25, -0.2) is 19.2 Å². The fourth-order valence-corrected chi connectivity index (χ4v) is 2.46. The Hall–Kier alpha value is -1.52. The molecule has 0 spiro atoms. The predicted molar refractivity (Wildman–Crippen MR) is 63.6 cm³/mol. The van der Waals surface area contributed by atoms with Crippen molar-refractivity contribution in [2.75, 3.05) is 7.11 Å². The Morgan fingerprint density at radius 1 is 1.44 bits per heavy atom. The lowest BCUT2D eigenvalue weighted by molar-refractivity contribution is 0.0587. The third-order valence-electron chi connectivity index (χ3n) is 3.50. The Balaban J connectivity index is 2.05. The molecule has 0 radical (unpaired) electrons. The van der Waals surface area contributed by atoms with Crippen LogP contribution >= 0.6 is 0 Å². The molecule has 18 heavy (non-hydrogen) atoms. The molecule has 0 aromatic carbocycles. The molecular formula is C13H17FN2O2. The number of hydrogen-bond donors (Lipinski definition) is 0. The minimum atomic E-state index is -0.753. The van der Waals surface area contributed by atoms with Crippen molar-refractivity contribution in [1.82, 2.24) is 9.97 Å². The van der Waals surface area contributed by atoms with Gasteiger partial charge in [-0.3, -0.25) is 0 Å². The lowest BCUT2D eigenvalue weighted by atomic mass is 10.0. The summed E-state index contributed by atoms with van der Waals surface area (Å²) in [6.07, 6.45) is 7.68. The molecule has 0 unspecified atom stereocenters. The molecule has 98 valence electrons. The number of aromatic nitrogens is 2. The van der Waals surface area contributed by atoms with E-state index < -0.39 is 11.8 Å². The van der Waals surface area contributed by atoms with Crippen LogP contribution in [0.5, 0.6) is 0 Å². The maximum absolute atomic E-state index is 14.0. The lowest BCUT2D eigenvalue weighted by Crippen LogP contribution is -2.11. The summed E-state index contributed by atoms with van der Waals surface area (Å²) in [5, 5.41) is 0. The summed E-state index contributed by atoms with van der Waals surface area (Å²) in [5.74, 6) is -0.722. The summed E-state index contributed by atoms with van der Waals surface area (Å²) in [6, 6.07) is 0. The van der Waals surface area contributed by atoms with Crippen LogP contribution in [0.1, 0.15) is 48.3 Å². The number of aryl methyl sites for hydroxylation is 1. The van der Waals surface area contributed by atoms with E-state index in [1.165, 1.54) is 39.1 Å². The Morgan fingerprint density at radius 3 is 2.83 bits per heavy atom. The van der Waals surface area contributed by atoms with Crippen molar-refractivity contribution >= 4 is 5.97 Å². The summed E-state index contributed by atoms with van der Waals surface area (Å²) in [6.45, 7) is 0. The van der Waals surface area contributed by atoms with Crippen LogP contribution in [-0.2, 0) is 11.2 Å². The normalized spacial score (nSPS) is 15.9. The van der Waals surface area contributed by atoms with Gasteiger partial charge in [0.25, 0.3) is 0 Å².